The van der Waals surface area contributed by atoms with Gasteiger partial charge in [0.1, 0.15) is 0 Å². The molecule has 0 amide bonds. The number of nitrogens with one attached hydrogen (secondary N) is 2. The highest BCUT2D eigenvalue weighted by molar-refractivity contribution is 5.79. The number of methoxy groups -OCH3 is 2. The summed E-state index contributed by atoms with van der Waals surface area (Å²) in [5.41, 5.74) is 2.60. The maximum Gasteiger partial charge on any atom is 0.191 e. The van der Waals surface area contributed by atoms with Crippen LogP contribution in [0, 0.1) is 0 Å². The van der Waals surface area contributed by atoms with Crippen molar-refractivity contribution in [2.45, 2.75) is 57.3 Å². The predicted octanol–water partition coefficient (Wildman–Crippen LogP) is 3.83. The molecule has 3 rings (SSSR count). The summed E-state index contributed by atoms with van der Waals surface area (Å²) < 4.78 is 12.9. The fourth-order valence-corrected chi connectivity index (χ4v) is 4.61. The monoisotopic (exact) mass is 441 g/mol. The van der Waals surface area contributed by atoms with Gasteiger partial charge in [-0.1, -0.05) is 25.3 Å². The lowest BCUT2D eigenvalue weighted by molar-refractivity contribution is 0.298. The molecule has 1 fully saturated rings. The molecule has 0 spiro atoms. The summed E-state index contributed by atoms with van der Waals surface area (Å²) in [6.45, 7) is 4.60. The zero-order valence-corrected chi connectivity index (χ0v) is 20.1. The van der Waals surface area contributed by atoms with E-state index in [9.17, 15) is 0 Å². The number of rotatable bonds is 10. The smallest absolute Gasteiger partial charge is 0.191 e. The van der Waals surface area contributed by atoms with Gasteiger partial charge in [0.25, 0.3) is 0 Å². The Morgan fingerprint density at radius 1 is 1.12 bits per heavy atom. The summed E-state index contributed by atoms with van der Waals surface area (Å²) >= 11 is 0. The minimum absolute atomic E-state index is 0.0376. The maximum atomic E-state index is 5.59. The molecule has 1 heterocycles. The summed E-state index contributed by atoms with van der Waals surface area (Å²) in [7, 11) is 5.34. The van der Waals surface area contributed by atoms with Gasteiger partial charge in [-0.3, -0.25) is 9.67 Å². The largest absolute Gasteiger partial charge is 0.493 e. The van der Waals surface area contributed by atoms with Gasteiger partial charge < -0.3 is 20.1 Å². The summed E-state index contributed by atoms with van der Waals surface area (Å²) in [6, 6.07) is 6.36. The second-order valence-electron chi connectivity index (χ2n) is 8.66. The van der Waals surface area contributed by atoms with Gasteiger partial charge >= 0.3 is 0 Å². The Balaban J connectivity index is 1.69. The second kappa shape index (κ2) is 11.8. The first-order valence-corrected chi connectivity index (χ1v) is 11.8. The van der Waals surface area contributed by atoms with Gasteiger partial charge in [0, 0.05) is 31.7 Å². The van der Waals surface area contributed by atoms with E-state index in [1.807, 2.05) is 24.0 Å². The van der Waals surface area contributed by atoms with E-state index >= 15 is 0 Å². The number of hydrogen-bond donors (Lipinski definition) is 2. The van der Waals surface area contributed by atoms with Crippen molar-refractivity contribution < 1.29 is 9.47 Å². The third-order valence-electron chi connectivity index (χ3n) is 6.38. The van der Waals surface area contributed by atoms with E-state index in [1.165, 1.54) is 30.4 Å². The zero-order chi connectivity index (χ0) is 22.8. The van der Waals surface area contributed by atoms with Crippen molar-refractivity contribution in [1.82, 2.24) is 20.4 Å². The lowest BCUT2D eigenvalue weighted by Gasteiger charge is -2.37. The molecular weight excluding hydrogens is 402 g/mol. The summed E-state index contributed by atoms with van der Waals surface area (Å²) in [5.74, 6) is 2.46. The number of aryl methyl sites for hydroxylation is 2. The lowest BCUT2D eigenvalue weighted by atomic mass is 9.69. The van der Waals surface area contributed by atoms with Crippen molar-refractivity contribution in [3.05, 3.63) is 41.7 Å². The molecule has 0 bridgehead atoms. The Bertz CT molecular complexity index is 871. The number of aromatic nitrogens is 2. The molecule has 7 nitrogen and oxygen atoms in total. The molecule has 2 aromatic rings. The van der Waals surface area contributed by atoms with Gasteiger partial charge in [-0.2, -0.15) is 5.10 Å². The fourth-order valence-electron chi connectivity index (χ4n) is 4.61. The van der Waals surface area contributed by atoms with E-state index in [4.69, 9.17) is 14.5 Å². The number of nitrogens with zero attached hydrogens (tertiary/aromatic N) is 3. The first kappa shape index (κ1) is 24.0. The van der Waals surface area contributed by atoms with Gasteiger partial charge in [0.05, 0.1) is 27.0 Å². The van der Waals surface area contributed by atoms with Gasteiger partial charge in [0.2, 0.25) is 0 Å². The van der Waals surface area contributed by atoms with Crippen LogP contribution in [0.2, 0.25) is 0 Å². The molecule has 1 saturated carbocycles. The molecule has 0 aliphatic heterocycles. The standard InChI is InChI=1S/C25H39N5O2/c1-5-26-24(27-15-9-10-20-17-29-30(2)18-20)28-19-25(13-7-6-8-14-25)21-11-12-22(31-3)23(16-21)32-4/h11-12,16-18H,5-10,13-15,19H2,1-4H3,(H2,26,27,28). The van der Waals surface area contributed by atoms with E-state index in [0.717, 1.165) is 62.8 Å². The lowest BCUT2D eigenvalue weighted by Crippen LogP contribution is -2.40. The van der Waals surface area contributed by atoms with Gasteiger partial charge in [-0.15, -0.1) is 0 Å². The molecule has 0 radical (unpaired) electrons. The fraction of sp³-hybridized carbons (Fsp3) is 0.600. The molecule has 0 saturated heterocycles. The number of hydrogen-bond acceptors (Lipinski definition) is 4. The molecule has 1 aliphatic carbocycles. The Hall–Kier alpha value is -2.70. The molecule has 1 aliphatic rings. The summed E-state index contributed by atoms with van der Waals surface area (Å²) in [4.78, 5) is 5.04. The van der Waals surface area contributed by atoms with Crippen LogP contribution >= 0.6 is 0 Å². The molecule has 32 heavy (non-hydrogen) atoms. The topological polar surface area (TPSA) is 72.7 Å². The number of aliphatic imine (C=N–C) groups is 1. The van der Waals surface area contributed by atoms with Gasteiger partial charge in [0.15, 0.2) is 17.5 Å². The average Bonchev–Trinajstić information content (AvgIpc) is 3.25. The van der Waals surface area contributed by atoms with E-state index in [1.54, 1.807) is 14.2 Å². The van der Waals surface area contributed by atoms with Crippen LogP contribution in [0.4, 0.5) is 0 Å². The summed E-state index contributed by atoms with van der Waals surface area (Å²) in [6.07, 6.45) is 12.1. The van der Waals surface area contributed by atoms with Crippen molar-refractivity contribution in [2.75, 3.05) is 33.9 Å². The molecule has 1 aromatic carbocycles. The maximum absolute atomic E-state index is 5.59. The third kappa shape index (κ3) is 6.17. The van der Waals surface area contributed by atoms with Crippen LogP contribution in [0.25, 0.3) is 0 Å². The minimum atomic E-state index is 0.0376. The number of ether oxygens (including phenoxy) is 2. The normalized spacial score (nSPS) is 15.9. The Morgan fingerprint density at radius 3 is 2.56 bits per heavy atom. The van der Waals surface area contributed by atoms with Crippen molar-refractivity contribution in [2.24, 2.45) is 12.0 Å². The Labute approximate surface area is 192 Å². The number of guanidine groups is 1. The van der Waals surface area contributed by atoms with Crippen LogP contribution in [-0.4, -0.2) is 49.6 Å². The molecule has 0 unspecified atom stereocenters. The van der Waals surface area contributed by atoms with Crippen molar-refractivity contribution in [1.29, 1.82) is 0 Å². The van der Waals surface area contributed by atoms with E-state index in [2.05, 4.69) is 41.0 Å². The predicted molar refractivity (Wildman–Crippen MR) is 130 cm³/mol. The SMILES string of the molecule is CCNC(=NCC1(c2ccc(OC)c(OC)c2)CCCCC1)NCCCc1cnn(C)c1. The van der Waals surface area contributed by atoms with E-state index in [-0.39, 0.29) is 5.41 Å². The van der Waals surface area contributed by atoms with Gasteiger partial charge in [-0.05, 0) is 55.9 Å². The number of benzene rings is 1. The van der Waals surface area contributed by atoms with Crippen molar-refractivity contribution in [3.8, 4) is 11.5 Å². The summed E-state index contributed by atoms with van der Waals surface area (Å²) in [5, 5.41) is 11.2. The van der Waals surface area contributed by atoms with Gasteiger partial charge in [-0.25, -0.2) is 0 Å². The third-order valence-corrected chi connectivity index (χ3v) is 6.38. The van der Waals surface area contributed by atoms with E-state index < -0.39 is 0 Å². The zero-order valence-electron chi connectivity index (χ0n) is 20.1. The second-order valence-corrected chi connectivity index (χ2v) is 8.66. The average molecular weight is 442 g/mol. The quantitative estimate of drug-likeness (QED) is 0.333. The molecular formula is C25H39N5O2. The molecule has 7 heteroatoms. The molecule has 2 N–H and O–H groups in total. The van der Waals surface area contributed by atoms with Crippen LogP contribution in [0.1, 0.15) is 56.6 Å². The highest BCUT2D eigenvalue weighted by atomic mass is 16.5. The molecule has 176 valence electrons. The minimum Gasteiger partial charge on any atom is -0.493 e. The van der Waals surface area contributed by atoms with Crippen molar-refractivity contribution in [3.63, 3.8) is 0 Å². The Morgan fingerprint density at radius 2 is 1.91 bits per heavy atom. The van der Waals surface area contributed by atoms with Crippen LogP contribution in [0.3, 0.4) is 0 Å². The molecule has 0 atom stereocenters. The molecule has 1 aromatic heterocycles. The Kier molecular flexibility index (Phi) is 8.82. The van der Waals surface area contributed by atoms with Crippen molar-refractivity contribution >= 4 is 5.96 Å². The van der Waals surface area contributed by atoms with Crippen LogP contribution in [-0.2, 0) is 18.9 Å². The highest BCUT2D eigenvalue weighted by Crippen LogP contribution is 2.42. The van der Waals surface area contributed by atoms with Crippen LogP contribution in [0.5, 0.6) is 11.5 Å². The van der Waals surface area contributed by atoms with E-state index in [0.29, 0.717) is 0 Å². The van der Waals surface area contributed by atoms with Crippen LogP contribution in [0.15, 0.2) is 35.6 Å². The highest BCUT2D eigenvalue weighted by Gasteiger charge is 2.34. The van der Waals surface area contributed by atoms with Crippen LogP contribution < -0.4 is 20.1 Å². The first-order valence-electron chi connectivity index (χ1n) is 11.8. The first-order chi connectivity index (χ1) is 15.6.